The summed E-state index contributed by atoms with van der Waals surface area (Å²) in [5, 5.41) is 0. The van der Waals surface area contributed by atoms with Crippen molar-refractivity contribution in [2.24, 2.45) is 15.0 Å². The molecule has 0 unspecified atom stereocenters. The van der Waals surface area contributed by atoms with Gasteiger partial charge in [0.05, 0.1) is 21.1 Å². The molecule has 0 N–H and O–H groups in total. The van der Waals surface area contributed by atoms with Crippen LogP contribution >= 0.6 is 0 Å². The summed E-state index contributed by atoms with van der Waals surface area (Å²) in [5.74, 6) is 2.60. The van der Waals surface area contributed by atoms with Gasteiger partial charge in [0.1, 0.15) is 0 Å². The summed E-state index contributed by atoms with van der Waals surface area (Å²) in [7, 11) is 23.4. The van der Waals surface area contributed by atoms with E-state index >= 15 is 0 Å². The third kappa shape index (κ3) is 5.58. The highest BCUT2D eigenvalue weighted by atomic mass is 32.2. The minimum Gasteiger partial charge on any atom is -0.346 e. The quantitative estimate of drug-likeness (QED) is 0.387. The van der Waals surface area contributed by atoms with E-state index in [9.17, 15) is 0 Å². The van der Waals surface area contributed by atoms with Gasteiger partial charge in [-0.1, -0.05) is 0 Å². The molecule has 9 nitrogen and oxygen atoms in total. The van der Waals surface area contributed by atoms with Gasteiger partial charge in [-0.25, -0.2) is 0 Å². The summed E-state index contributed by atoms with van der Waals surface area (Å²) in [6.45, 7) is 0. The molecule has 0 aliphatic rings. The van der Waals surface area contributed by atoms with Crippen LogP contribution in [-0.4, -0.2) is 130 Å². The van der Waals surface area contributed by atoms with E-state index in [1.165, 1.54) is 0 Å². The molecule has 0 aromatic carbocycles. The Kier molecular flexibility index (Phi) is 9.47. The van der Waals surface area contributed by atoms with Crippen molar-refractivity contribution in [1.29, 1.82) is 0 Å². The predicted molar refractivity (Wildman–Crippen MR) is 112 cm³/mol. The monoisotopic (exact) mass is 374 g/mol. The highest BCUT2D eigenvalue weighted by Crippen LogP contribution is 2.17. The van der Waals surface area contributed by atoms with Crippen molar-refractivity contribution in [3.8, 4) is 0 Å². The Morgan fingerprint density at radius 3 is 0.800 bits per heavy atom. The highest BCUT2D eigenvalue weighted by Gasteiger charge is 2.45. The zero-order valence-electron chi connectivity index (χ0n) is 17.9. The fourth-order valence-corrected chi connectivity index (χ4v) is 4.91. The second-order valence-electron chi connectivity index (χ2n) is 5.99. The lowest BCUT2D eigenvalue weighted by molar-refractivity contribution is 0.484. The Balaban J connectivity index is 6.14. The summed E-state index contributed by atoms with van der Waals surface area (Å²) in [4.78, 5) is 19.3. The van der Waals surface area contributed by atoms with Gasteiger partial charge in [0, 0.05) is 63.4 Å². The zero-order chi connectivity index (χ0) is 19.9. The van der Waals surface area contributed by atoms with Crippen molar-refractivity contribution >= 4 is 29.3 Å². The van der Waals surface area contributed by atoms with Gasteiger partial charge in [-0.05, 0) is 0 Å². The fourth-order valence-electron chi connectivity index (χ4n) is 2.64. The van der Waals surface area contributed by atoms with Gasteiger partial charge < -0.3 is 14.7 Å². The lowest BCUT2D eigenvalue weighted by atomic mass is 10.8. The van der Waals surface area contributed by atoms with Gasteiger partial charge in [0.15, 0.2) is 0 Å². The van der Waals surface area contributed by atoms with Crippen LogP contribution in [0.1, 0.15) is 0 Å². The average molecular weight is 375 g/mol. The number of nitrogens with zero attached hydrogens (tertiary/aromatic N) is 9. The molecule has 0 aliphatic carbocycles. The molecule has 146 valence electrons. The molecular weight excluding hydrogens is 338 g/mol. The summed E-state index contributed by atoms with van der Waals surface area (Å²) in [6.07, 6.45) is 0. The van der Waals surface area contributed by atoms with Crippen LogP contribution in [0.15, 0.2) is 15.0 Å². The molecule has 0 saturated carbocycles. The molecule has 10 heteroatoms. The third-order valence-corrected chi connectivity index (χ3v) is 5.34. The first-order chi connectivity index (χ1) is 11.5. The number of guanidine groups is 3. The van der Waals surface area contributed by atoms with Crippen LogP contribution in [0.5, 0.6) is 0 Å². The predicted octanol–water partition coefficient (Wildman–Crippen LogP) is -0.213. The zero-order valence-corrected chi connectivity index (χ0v) is 18.7. The SMILES string of the molecule is CN=C(N(C)C)N(C)[S+](N(C)C(=NC)N(C)C)N(C)C(=NC)N(C)C. The van der Waals surface area contributed by atoms with Crippen LogP contribution in [0.3, 0.4) is 0 Å². The first-order valence-corrected chi connectivity index (χ1v) is 9.02. The van der Waals surface area contributed by atoms with E-state index in [1.807, 2.05) is 78.1 Å². The van der Waals surface area contributed by atoms with Crippen molar-refractivity contribution in [3.05, 3.63) is 0 Å². The van der Waals surface area contributed by atoms with Crippen LogP contribution in [0.25, 0.3) is 0 Å². The Hall–Kier alpha value is -1.84. The maximum Gasteiger partial charge on any atom is 0.361 e. The van der Waals surface area contributed by atoms with Gasteiger partial charge in [-0.3, -0.25) is 15.0 Å². The van der Waals surface area contributed by atoms with Crippen molar-refractivity contribution in [3.63, 3.8) is 0 Å². The van der Waals surface area contributed by atoms with E-state index in [-0.39, 0.29) is 0 Å². The van der Waals surface area contributed by atoms with Gasteiger partial charge in [-0.2, -0.15) is 0 Å². The van der Waals surface area contributed by atoms with Gasteiger partial charge >= 0.3 is 11.5 Å². The molecule has 0 heterocycles. The summed E-state index contributed by atoms with van der Waals surface area (Å²) in [6, 6.07) is 0. The number of hydrogen-bond acceptors (Lipinski definition) is 3. The standard InChI is InChI=1S/C15H36N9S/c1-16-13(19(4)5)22(10)25(23(11)14(17-2)20(6)7)24(12)15(18-3)21(8)9/h1-12H3/q+1. The highest BCUT2D eigenvalue weighted by molar-refractivity contribution is 7.91. The molecule has 0 radical (unpaired) electrons. The van der Waals surface area contributed by atoms with E-state index in [4.69, 9.17) is 0 Å². The van der Waals surface area contributed by atoms with Crippen molar-refractivity contribution in [2.45, 2.75) is 0 Å². The van der Waals surface area contributed by atoms with Crippen molar-refractivity contribution in [2.75, 3.05) is 84.6 Å². The van der Waals surface area contributed by atoms with E-state index < -0.39 is 11.5 Å². The second kappa shape index (κ2) is 10.2. The normalized spacial score (nSPS) is 14.2. The topological polar surface area (TPSA) is 56.5 Å². The van der Waals surface area contributed by atoms with E-state index in [0.29, 0.717) is 0 Å². The van der Waals surface area contributed by atoms with Crippen LogP contribution in [0.4, 0.5) is 0 Å². The van der Waals surface area contributed by atoms with Crippen molar-refractivity contribution < 1.29 is 0 Å². The van der Waals surface area contributed by atoms with Gasteiger partial charge in [0.25, 0.3) is 0 Å². The maximum atomic E-state index is 4.45. The third-order valence-electron chi connectivity index (χ3n) is 3.38. The van der Waals surface area contributed by atoms with E-state index in [1.54, 1.807) is 21.1 Å². The Morgan fingerprint density at radius 2 is 0.680 bits per heavy atom. The summed E-state index contributed by atoms with van der Waals surface area (Å²) in [5.41, 5.74) is 0. The minimum atomic E-state index is -0.528. The molecule has 0 fully saturated rings. The van der Waals surface area contributed by atoms with Crippen LogP contribution < -0.4 is 0 Å². The lowest BCUT2D eigenvalue weighted by Crippen LogP contribution is -2.60. The van der Waals surface area contributed by atoms with Crippen LogP contribution in [0.2, 0.25) is 0 Å². The second-order valence-corrected chi connectivity index (χ2v) is 8.12. The van der Waals surface area contributed by atoms with Crippen LogP contribution in [-0.2, 0) is 11.5 Å². The molecule has 0 amide bonds. The molecule has 0 aliphatic heterocycles. The summed E-state index contributed by atoms with van der Waals surface area (Å²) < 4.78 is 6.38. The fraction of sp³-hybridized carbons (Fsp3) is 0.800. The number of aliphatic imine (C=N–C) groups is 3. The lowest BCUT2D eigenvalue weighted by Gasteiger charge is -2.34. The van der Waals surface area contributed by atoms with E-state index in [2.05, 4.69) is 27.9 Å². The molecule has 0 bridgehead atoms. The Labute approximate surface area is 157 Å². The molecule has 25 heavy (non-hydrogen) atoms. The summed E-state index contributed by atoms with van der Waals surface area (Å²) >= 11 is -0.528. The molecule has 0 aromatic rings. The molecule has 0 aromatic heterocycles. The molecule has 0 spiro atoms. The number of hydrogen-bond donors (Lipinski definition) is 0. The minimum absolute atomic E-state index is 0.528. The molecule has 0 atom stereocenters. The largest absolute Gasteiger partial charge is 0.361 e. The molecule has 0 saturated heterocycles. The Bertz CT molecular complexity index is 428. The van der Waals surface area contributed by atoms with Gasteiger partial charge in [0.2, 0.25) is 17.9 Å². The smallest absolute Gasteiger partial charge is 0.346 e. The number of rotatable bonds is 3. The van der Waals surface area contributed by atoms with Crippen molar-refractivity contribution in [1.82, 2.24) is 27.6 Å². The Morgan fingerprint density at radius 1 is 0.480 bits per heavy atom. The van der Waals surface area contributed by atoms with Crippen LogP contribution in [0, 0.1) is 0 Å². The first-order valence-electron chi connectivity index (χ1n) is 7.93. The average Bonchev–Trinajstić information content (AvgIpc) is 2.48. The first kappa shape index (κ1) is 23.2. The maximum absolute atomic E-state index is 4.45. The molecular formula is C15H36N9S+. The van der Waals surface area contributed by atoms with Gasteiger partial charge in [-0.15, -0.1) is 12.9 Å². The molecule has 0 rings (SSSR count). The van der Waals surface area contributed by atoms with E-state index in [0.717, 1.165) is 17.9 Å².